The quantitative estimate of drug-likeness (QED) is 0.747. The molecule has 1 aliphatic carbocycles. The van der Waals surface area contributed by atoms with Crippen LogP contribution in [0.2, 0.25) is 0 Å². The van der Waals surface area contributed by atoms with Gasteiger partial charge in [-0.1, -0.05) is 50.0 Å². The molecule has 1 aromatic rings. The van der Waals surface area contributed by atoms with Crippen LogP contribution in [0, 0.1) is 0 Å². The third-order valence-corrected chi connectivity index (χ3v) is 4.35. The van der Waals surface area contributed by atoms with Crippen molar-refractivity contribution in [3.63, 3.8) is 0 Å². The van der Waals surface area contributed by atoms with Gasteiger partial charge < -0.3 is 15.2 Å². The standard InChI is InChI=1S/C19H24F3NO3/c20-19(21,22)17(24)23-12-6-8-15-7-5-9-16(13-15)26-14-18(25)10-3-1-2-4-11-18/h5-9,13,25H,1-4,10-12,14H2,(H,23,24). The number of hydrogen-bond donors (Lipinski definition) is 2. The molecule has 0 saturated heterocycles. The van der Waals surface area contributed by atoms with Gasteiger partial charge in [-0.3, -0.25) is 4.79 Å². The summed E-state index contributed by atoms with van der Waals surface area (Å²) in [6.45, 7) is 0.00495. The van der Waals surface area contributed by atoms with Crippen LogP contribution < -0.4 is 10.1 Å². The predicted molar refractivity (Wildman–Crippen MR) is 92.7 cm³/mol. The molecule has 0 radical (unpaired) electrons. The van der Waals surface area contributed by atoms with E-state index in [1.807, 2.05) is 0 Å². The fourth-order valence-corrected chi connectivity index (χ4v) is 2.90. The molecule has 0 aromatic heterocycles. The monoisotopic (exact) mass is 371 g/mol. The summed E-state index contributed by atoms with van der Waals surface area (Å²) in [7, 11) is 0. The largest absolute Gasteiger partial charge is 0.491 e. The Hall–Kier alpha value is -2.02. The summed E-state index contributed by atoms with van der Waals surface area (Å²) in [5, 5.41) is 12.4. The molecule has 1 fully saturated rings. The van der Waals surface area contributed by atoms with E-state index < -0.39 is 17.7 Å². The van der Waals surface area contributed by atoms with Gasteiger partial charge in [0.2, 0.25) is 0 Å². The molecular weight excluding hydrogens is 347 g/mol. The van der Waals surface area contributed by atoms with Gasteiger partial charge in [0.05, 0.1) is 5.60 Å². The molecule has 1 saturated carbocycles. The predicted octanol–water partition coefficient (Wildman–Crippen LogP) is 3.84. The number of hydrogen-bond acceptors (Lipinski definition) is 3. The first kappa shape index (κ1) is 20.3. The van der Waals surface area contributed by atoms with Crippen LogP contribution in [0.25, 0.3) is 6.08 Å². The minimum Gasteiger partial charge on any atom is -0.491 e. The Kier molecular flexibility index (Phi) is 7.08. The highest BCUT2D eigenvalue weighted by Crippen LogP contribution is 2.28. The van der Waals surface area contributed by atoms with E-state index in [9.17, 15) is 23.1 Å². The number of alkyl halides is 3. The van der Waals surface area contributed by atoms with E-state index in [2.05, 4.69) is 0 Å². The van der Waals surface area contributed by atoms with Crippen molar-refractivity contribution in [3.8, 4) is 5.75 Å². The number of aliphatic hydroxyl groups is 1. The van der Waals surface area contributed by atoms with Gasteiger partial charge in [0.15, 0.2) is 0 Å². The van der Waals surface area contributed by atoms with Crippen molar-refractivity contribution < 1.29 is 27.8 Å². The second-order valence-corrected chi connectivity index (χ2v) is 6.61. The average Bonchev–Trinajstić information content (AvgIpc) is 2.81. The van der Waals surface area contributed by atoms with Crippen LogP contribution in [-0.2, 0) is 4.79 Å². The number of amides is 1. The average molecular weight is 371 g/mol. The molecule has 0 spiro atoms. The number of rotatable bonds is 6. The van der Waals surface area contributed by atoms with E-state index in [1.165, 1.54) is 6.08 Å². The van der Waals surface area contributed by atoms with Crippen molar-refractivity contribution in [1.29, 1.82) is 0 Å². The molecule has 0 atom stereocenters. The molecule has 4 nitrogen and oxygen atoms in total. The SMILES string of the molecule is O=C(NCC=Cc1cccc(OCC2(O)CCCCCC2)c1)C(F)(F)F. The summed E-state index contributed by atoms with van der Waals surface area (Å²) >= 11 is 0. The number of nitrogens with one attached hydrogen (secondary N) is 1. The maximum absolute atomic E-state index is 12.1. The summed E-state index contributed by atoms with van der Waals surface area (Å²) in [5.41, 5.74) is -0.0684. The van der Waals surface area contributed by atoms with Gasteiger partial charge in [0, 0.05) is 6.54 Å². The van der Waals surface area contributed by atoms with Crippen molar-refractivity contribution in [2.45, 2.75) is 50.3 Å². The van der Waals surface area contributed by atoms with Crippen LogP contribution in [-0.4, -0.2) is 35.9 Å². The summed E-state index contributed by atoms with van der Waals surface area (Å²) in [6.07, 6.45) is 3.86. The van der Waals surface area contributed by atoms with Crippen molar-refractivity contribution in [3.05, 3.63) is 35.9 Å². The number of carbonyl (C=O) groups excluding carboxylic acids is 1. The molecule has 1 aliphatic rings. The molecule has 26 heavy (non-hydrogen) atoms. The zero-order valence-electron chi connectivity index (χ0n) is 14.5. The van der Waals surface area contributed by atoms with Gasteiger partial charge in [-0.2, -0.15) is 13.2 Å². The highest BCUT2D eigenvalue weighted by molar-refractivity contribution is 5.81. The Morgan fingerprint density at radius 1 is 1.23 bits per heavy atom. The first-order valence-electron chi connectivity index (χ1n) is 8.75. The second kappa shape index (κ2) is 9.07. The third kappa shape index (κ3) is 6.71. The van der Waals surface area contributed by atoms with Gasteiger partial charge in [-0.25, -0.2) is 0 Å². The van der Waals surface area contributed by atoms with E-state index in [-0.39, 0.29) is 13.2 Å². The van der Waals surface area contributed by atoms with Crippen LogP contribution in [0.3, 0.4) is 0 Å². The Labute approximate surface area is 151 Å². The van der Waals surface area contributed by atoms with Crippen molar-refractivity contribution in [2.24, 2.45) is 0 Å². The minimum atomic E-state index is -4.88. The van der Waals surface area contributed by atoms with E-state index in [0.717, 1.165) is 44.1 Å². The number of carbonyl (C=O) groups is 1. The van der Waals surface area contributed by atoms with Crippen molar-refractivity contribution in [2.75, 3.05) is 13.2 Å². The molecule has 0 bridgehead atoms. The van der Waals surface area contributed by atoms with Gasteiger partial charge in [0.1, 0.15) is 12.4 Å². The Morgan fingerprint density at radius 3 is 2.58 bits per heavy atom. The Bertz CT molecular complexity index is 621. The molecule has 1 aromatic carbocycles. The van der Waals surface area contributed by atoms with Crippen LogP contribution in [0.4, 0.5) is 13.2 Å². The number of ether oxygens (including phenoxy) is 1. The lowest BCUT2D eigenvalue weighted by atomic mass is 9.96. The minimum absolute atomic E-state index is 0.219. The molecule has 2 N–H and O–H groups in total. The lowest BCUT2D eigenvalue weighted by molar-refractivity contribution is -0.173. The van der Waals surface area contributed by atoms with E-state index in [1.54, 1.807) is 35.7 Å². The van der Waals surface area contributed by atoms with Gasteiger partial charge >= 0.3 is 12.1 Å². The molecule has 0 unspecified atom stereocenters. The normalized spacial score (nSPS) is 17.7. The summed E-state index contributed by atoms with van der Waals surface area (Å²) in [6, 6.07) is 7.04. The van der Waals surface area contributed by atoms with Gasteiger partial charge in [-0.15, -0.1) is 0 Å². The van der Waals surface area contributed by atoms with Gasteiger partial charge in [-0.05, 0) is 30.5 Å². The number of halogens is 3. The summed E-state index contributed by atoms with van der Waals surface area (Å²) in [5.74, 6) is -1.37. The Morgan fingerprint density at radius 2 is 1.92 bits per heavy atom. The van der Waals surface area contributed by atoms with Crippen LogP contribution >= 0.6 is 0 Å². The maximum Gasteiger partial charge on any atom is 0.471 e. The van der Waals surface area contributed by atoms with Crippen molar-refractivity contribution >= 4 is 12.0 Å². The fourth-order valence-electron chi connectivity index (χ4n) is 2.90. The van der Waals surface area contributed by atoms with Crippen LogP contribution in [0.5, 0.6) is 5.75 Å². The van der Waals surface area contributed by atoms with E-state index in [4.69, 9.17) is 4.74 Å². The zero-order valence-corrected chi connectivity index (χ0v) is 14.5. The third-order valence-electron chi connectivity index (χ3n) is 4.35. The summed E-state index contributed by atoms with van der Waals surface area (Å²) in [4.78, 5) is 10.7. The van der Waals surface area contributed by atoms with Gasteiger partial charge in [0.25, 0.3) is 0 Å². The Balaban J connectivity index is 1.85. The topological polar surface area (TPSA) is 58.6 Å². The molecular formula is C19H24F3NO3. The molecule has 7 heteroatoms. The zero-order chi connectivity index (χ0) is 19.0. The second-order valence-electron chi connectivity index (χ2n) is 6.61. The molecule has 2 rings (SSSR count). The molecule has 1 amide bonds. The van der Waals surface area contributed by atoms with Crippen molar-refractivity contribution in [1.82, 2.24) is 5.32 Å². The molecule has 0 aliphatic heterocycles. The lowest BCUT2D eigenvalue weighted by Crippen LogP contribution is -2.36. The molecule has 0 heterocycles. The van der Waals surface area contributed by atoms with E-state index in [0.29, 0.717) is 5.75 Å². The highest BCUT2D eigenvalue weighted by atomic mass is 19.4. The fraction of sp³-hybridized carbons (Fsp3) is 0.526. The highest BCUT2D eigenvalue weighted by Gasteiger charge is 2.38. The van der Waals surface area contributed by atoms with Crippen LogP contribution in [0.1, 0.15) is 44.1 Å². The first-order chi connectivity index (χ1) is 12.3. The lowest BCUT2D eigenvalue weighted by Gasteiger charge is -2.26. The van der Waals surface area contributed by atoms with Crippen LogP contribution in [0.15, 0.2) is 30.3 Å². The van der Waals surface area contributed by atoms with E-state index >= 15 is 0 Å². The maximum atomic E-state index is 12.1. The molecule has 144 valence electrons. The summed E-state index contributed by atoms with van der Waals surface area (Å²) < 4.78 is 42.0. The number of benzene rings is 1. The first-order valence-corrected chi connectivity index (χ1v) is 8.75. The smallest absolute Gasteiger partial charge is 0.471 e.